The van der Waals surface area contributed by atoms with Gasteiger partial charge in [-0.1, -0.05) is 29.8 Å². The predicted molar refractivity (Wildman–Crippen MR) is 89.6 cm³/mol. The SMILES string of the molecule is NC(=NCC(O)c1ccccc1Cl)Nc1ccc(OC(F)(F)F)cc1. The van der Waals surface area contributed by atoms with Crippen LogP contribution in [0, 0.1) is 0 Å². The molecule has 0 spiro atoms. The van der Waals surface area contributed by atoms with Gasteiger partial charge in [0.2, 0.25) is 0 Å². The van der Waals surface area contributed by atoms with Gasteiger partial charge in [0.15, 0.2) is 5.96 Å². The number of guanidine groups is 1. The number of halogens is 4. The fourth-order valence-corrected chi connectivity index (χ4v) is 2.22. The van der Waals surface area contributed by atoms with E-state index in [2.05, 4.69) is 15.0 Å². The second-order valence-corrected chi connectivity index (χ2v) is 5.37. The number of aliphatic imine (C=N–C) groups is 1. The van der Waals surface area contributed by atoms with Gasteiger partial charge < -0.3 is 20.9 Å². The Kier molecular flexibility index (Phi) is 6.11. The highest BCUT2D eigenvalue weighted by Gasteiger charge is 2.30. The summed E-state index contributed by atoms with van der Waals surface area (Å²) < 4.78 is 40.0. The van der Waals surface area contributed by atoms with Gasteiger partial charge in [0, 0.05) is 16.3 Å². The summed E-state index contributed by atoms with van der Waals surface area (Å²) in [5, 5.41) is 13.2. The summed E-state index contributed by atoms with van der Waals surface area (Å²) in [7, 11) is 0. The number of hydrogen-bond acceptors (Lipinski definition) is 3. The van der Waals surface area contributed by atoms with Crippen molar-refractivity contribution in [1.82, 2.24) is 0 Å². The maximum atomic E-state index is 12.1. The number of rotatable bonds is 5. The molecule has 0 heterocycles. The molecule has 5 nitrogen and oxygen atoms in total. The van der Waals surface area contributed by atoms with Crippen molar-refractivity contribution < 1.29 is 23.0 Å². The number of nitrogens with one attached hydrogen (secondary N) is 1. The Morgan fingerprint density at radius 3 is 2.44 bits per heavy atom. The Morgan fingerprint density at radius 1 is 1.20 bits per heavy atom. The third-order valence-corrected chi connectivity index (χ3v) is 3.40. The lowest BCUT2D eigenvalue weighted by atomic mass is 10.1. The number of benzene rings is 2. The fourth-order valence-electron chi connectivity index (χ4n) is 1.96. The van der Waals surface area contributed by atoms with E-state index in [4.69, 9.17) is 17.3 Å². The smallest absolute Gasteiger partial charge is 0.406 e. The van der Waals surface area contributed by atoms with Crippen molar-refractivity contribution >= 4 is 23.2 Å². The molecule has 25 heavy (non-hydrogen) atoms. The van der Waals surface area contributed by atoms with Crippen LogP contribution in [0.4, 0.5) is 18.9 Å². The van der Waals surface area contributed by atoms with Crippen molar-refractivity contribution in [1.29, 1.82) is 0 Å². The molecule has 2 rings (SSSR count). The first-order valence-electron chi connectivity index (χ1n) is 7.10. The van der Waals surface area contributed by atoms with Crippen LogP contribution in [-0.4, -0.2) is 24.0 Å². The van der Waals surface area contributed by atoms with Crippen LogP contribution in [0.15, 0.2) is 53.5 Å². The molecule has 0 amide bonds. The van der Waals surface area contributed by atoms with Crippen LogP contribution in [0.3, 0.4) is 0 Å². The Bertz CT molecular complexity index is 736. The third kappa shape index (κ3) is 6.17. The maximum absolute atomic E-state index is 12.1. The van der Waals surface area contributed by atoms with Crippen LogP contribution < -0.4 is 15.8 Å². The Morgan fingerprint density at radius 2 is 1.84 bits per heavy atom. The van der Waals surface area contributed by atoms with Crippen LogP contribution in [0.1, 0.15) is 11.7 Å². The molecule has 0 saturated heterocycles. The Labute approximate surface area is 146 Å². The number of nitrogens with two attached hydrogens (primary N) is 1. The summed E-state index contributed by atoms with van der Waals surface area (Å²) in [5.74, 6) is -0.349. The van der Waals surface area contributed by atoms with Crippen LogP contribution in [-0.2, 0) is 0 Å². The molecule has 1 atom stereocenters. The zero-order valence-electron chi connectivity index (χ0n) is 12.8. The van der Waals surface area contributed by atoms with Crippen LogP contribution in [0.25, 0.3) is 0 Å². The lowest BCUT2D eigenvalue weighted by Crippen LogP contribution is -2.23. The minimum Gasteiger partial charge on any atom is -0.406 e. The number of alkyl halides is 3. The van der Waals surface area contributed by atoms with E-state index in [1.54, 1.807) is 24.3 Å². The molecule has 0 fully saturated rings. The van der Waals surface area contributed by atoms with E-state index in [-0.39, 0.29) is 18.3 Å². The van der Waals surface area contributed by atoms with Gasteiger partial charge in [-0.2, -0.15) is 0 Å². The summed E-state index contributed by atoms with van der Waals surface area (Å²) in [6.45, 7) is -0.0299. The number of aliphatic hydroxyl groups is 1. The van der Waals surface area contributed by atoms with E-state index in [9.17, 15) is 18.3 Å². The molecule has 0 bridgehead atoms. The summed E-state index contributed by atoms with van der Waals surface area (Å²) in [6, 6.07) is 11.8. The van der Waals surface area contributed by atoms with E-state index in [1.165, 1.54) is 12.1 Å². The van der Waals surface area contributed by atoms with Crippen molar-refractivity contribution in [3.63, 3.8) is 0 Å². The standard InChI is InChI=1S/C16H15ClF3N3O2/c17-13-4-2-1-3-12(13)14(24)9-22-15(21)23-10-5-7-11(8-6-10)25-16(18,19)20/h1-8,14,24H,9H2,(H3,21,22,23). The van der Waals surface area contributed by atoms with Crippen LogP contribution in [0.2, 0.25) is 5.02 Å². The topological polar surface area (TPSA) is 79.9 Å². The average molecular weight is 374 g/mol. The quantitative estimate of drug-likeness (QED) is 0.551. The van der Waals surface area contributed by atoms with Gasteiger partial charge in [0.25, 0.3) is 0 Å². The molecular weight excluding hydrogens is 359 g/mol. The highest BCUT2D eigenvalue weighted by atomic mass is 35.5. The van der Waals surface area contributed by atoms with E-state index >= 15 is 0 Å². The normalized spacial score (nSPS) is 13.4. The molecule has 134 valence electrons. The molecule has 0 radical (unpaired) electrons. The van der Waals surface area contributed by atoms with Gasteiger partial charge >= 0.3 is 6.36 Å². The number of aliphatic hydroxyl groups excluding tert-OH is 1. The number of hydrogen-bond donors (Lipinski definition) is 3. The first-order chi connectivity index (χ1) is 11.7. The molecule has 0 aliphatic heterocycles. The highest BCUT2D eigenvalue weighted by molar-refractivity contribution is 6.31. The average Bonchev–Trinajstić information content (AvgIpc) is 2.53. The number of nitrogens with zero attached hydrogens (tertiary/aromatic N) is 1. The number of ether oxygens (including phenoxy) is 1. The van der Waals surface area contributed by atoms with E-state index in [1.807, 2.05) is 0 Å². The monoisotopic (exact) mass is 373 g/mol. The molecule has 0 saturated carbocycles. The fraction of sp³-hybridized carbons (Fsp3) is 0.188. The first-order valence-corrected chi connectivity index (χ1v) is 7.47. The largest absolute Gasteiger partial charge is 0.573 e. The van der Waals surface area contributed by atoms with Crippen LogP contribution >= 0.6 is 11.6 Å². The summed E-state index contributed by atoms with van der Waals surface area (Å²) in [6.07, 6.45) is -5.68. The highest BCUT2D eigenvalue weighted by Crippen LogP contribution is 2.24. The van der Waals surface area contributed by atoms with E-state index in [0.29, 0.717) is 16.3 Å². The van der Waals surface area contributed by atoms with E-state index < -0.39 is 12.5 Å². The number of anilines is 1. The Hall–Kier alpha value is -2.45. The Balaban J connectivity index is 1.94. The second-order valence-electron chi connectivity index (χ2n) is 4.96. The van der Waals surface area contributed by atoms with Crippen molar-refractivity contribution in [2.45, 2.75) is 12.5 Å². The lowest BCUT2D eigenvalue weighted by Gasteiger charge is -2.12. The van der Waals surface area contributed by atoms with E-state index in [0.717, 1.165) is 12.1 Å². The predicted octanol–water partition coefficient (Wildman–Crippen LogP) is 3.70. The molecule has 2 aromatic rings. The lowest BCUT2D eigenvalue weighted by molar-refractivity contribution is -0.274. The van der Waals surface area contributed by atoms with Gasteiger partial charge in [-0.25, -0.2) is 0 Å². The zero-order valence-corrected chi connectivity index (χ0v) is 13.6. The minimum atomic E-state index is -4.75. The van der Waals surface area contributed by atoms with Gasteiger partial charge in [-0.15, -0.1) is 13.2 Å². The van der Waals surface area contributed by atoms with Crippen LogP contribution in [0.5, 0.6) is 5.75 Å². The molecule has 0 aliphatic rings. The molecule has 9 heteroatoms. The minimum absolute atomic E-state index is 0.00408. The van der Waals surface area contributed by atoms with Gasteiger partial charge in [-0.05, 0) is 30.3 Å². The summed E-state index contributed by atoms with van der Waals surface area (Å²) >= 11 is 5.98. The van der Waals surface area contributed by atoms with Gasteiger partial charge in [0.05, 0.1) is 6.54 Å². The summed E-state index contributed by atoms with van der Waals surface area (Å²) in [4.78, 5) is 3.98. The molecule has 4 N–H and O–H groups in total. The molecular formula is C16H15ClF3N3O2. The zero-order chi connectivity index (χ0) is 18.4. The summed E-state index contributed by atoms with van der Waals surface area (Å²) in [5.41, 5.74) is 6.64. The second kappa shape index (κ2) is 8.09. The molecule has 0 aromatic heterocycles. The van der Waals surface area contributed by atoms with Crippen molar-refractivity contribution in [3.05, 3.63) is 59.1 Å². The third-order valence-electron chi connectivity index (χ3n) is 3.06. The first kappa shape index (κ1) is 18.9. The molecule has 1 unspecified atom stereocenters. The maximum Gasteiger partial charge on any atom is 0.573 e. The van der Waals surface area contributed by atoms with Gasteiger partial charge in [-0.3, -0.25) is 4.99 Å². The molecule has 2 aromatic carbocycles. The van der Waals surface area contributed by atoms with Crippen molar-refractivity contribution in [2.75, 3.05) is 11.9 Å². The van der Waals surface area contributed by atoms with Crippen molar-refractivity contribution in [3.8, 4) is 5.75 Å². The van der Waals surface area contributed by atoms with Gasteiger partial charge in [0.1, 0.15) is 11.9 Å². The molecule has 0 aliphatic carbocycles. The van der Waals surface area contributed by atoms with Crippen molar-refractivity contribution in [2.24, 2.45) is 10.7 Å².